The van der Waals surface area contributed by atoms with Crippen molar-refractivity contribution >= 4 is 11.9 Å². The molecule has 0 aliphatic heterocycles. The molecule has 1 heterocycles. The van der Waals surface area contributed by atoms with Crippen LogP contribution < -0.4 is 5.32 Å². The highest BCUT2D eigenvalue weighted by molar-refractivity contribution is 5.98. The van der Waals surface area contributed by atoms with Crippen LogP contribution in [0.15, 0.2) is 18.3 Å². The third-order valence-corrected chi connectivity index (χ3v) is 3.89. The lowest BCUT2D eigenvalue weighted by Gasteiger charge is -2.36. The van der Waals surface area contributed by atoms with Gasteiger partial charge in [0.1, 0.15) is 11.3 Å². The molecule has 1 saturated carbocycles. The van der Waals surface area contributed by atoms with Gasteiger partial charge < -0.3 is 15.5 Å². The van der Waals surface area contributed by atoms with Crippen molar-refractivity contribution in [2.75, 3.05) is 0 Å². The molecule has 0 aromatic carbocycles. The Bertz CT molecular complexity index is 522. The smallest absolute Gasteiger partial charge is 0.329 e. The van der Waals surface area contributed by atoms with E-state index in [1.54, 1.807) is 0 Å². The Morgan fingerprint density at radius 3 is 2.60 bits per heavy atom. The van der Waals surface area contributed by atoms with Crippen molar-refractivity contribution in [2.45, 2.75) is 38.1 Å². The highest BCUT2D eigenvalue weighted by Crippen LogP contribution is 2.32. The van der Waals surface area contributed by atoms with Crippen LogP contribution in [0.3, 0.4) is 0 Å². The number of hydrogen-bond donors (Lipinski definition) is 3. The summed E-state index contributed by atoms with van der Waals surface area (Å²) in [5.74, 6) is -1.48. The summed E-state index contributed by atoms with van der Waals surface area (Å²) in [5.41, 5.74) is -1.40. The highest BCUT2D eigenvalue weighted by atomic mass is 16.4. The SMILES string of the molecule is CC1CCC(NC(=O)c2ncccc2O)(C(=O)O)CC1. The van der Waals surface area contributed by atoms with E-state index in [2.05, 4.69) is 17.2 Å². The zero-order valence-electron chi connectivity index (χ0n) is 11.3. The van der Waals surface area contributed by atoms with Crippen LogP contribution in [0.25, 0.3) is 0 Å². The second-order valence-electron chi connectivity index (χ2n) is 5.40. The third kappa shape index (κ3) is 2.74. The number of nitrogens with one attached hydrogen (secondary N) is 1. The maximum atomic E-state index is 12.1. The molecule has 1 amide bonds. The van der Waals surface area contributed by atoms with Gasteiger partial charge >= 0.3 is 5.97 Å². The van der Waals surface area contributed by atoms with Crippen LogP contribution in [-0.4, -0.2) is 32.6 Å². The molecule has 0 atom stereocenters. The van der Waals surface area contributed by atoms with Gasteiger partial charge in [-0.15, -0.1) is 0 Å². The number of carbonyl (C=O) groups is 2. The molecule has 3 N–H and O–H groups in total. The monoisotopic (exact) mass is 278 g/mol. The zero-order chi connectivity index (χ0) is 14.8. The molecule has 20 heavy (non-hydrogen) atoms. The average molecular weight is 278 g/mol. The van der Waals surface area contributed by atoms with E-state index in [0.29, 0.717) is 18.8 Å². The van der Waals surface area contributed by atoms with E-state index >= 15 is 0 Å². The first-order chi connectivity index (χ1) is 9.44. The topological polar surface area (TPSA) is 99.5 Å². The van der Waals surface area contributed by atoms with Gasteiger partial charge in [0, 0.05) is 6.20 Å². The van der Waals surface area contributed by atoms with E-state index in [9.17, 15) is 19.8 Å². The van der Waals surface area contributed by atoms with E-state index in [0.717, 1.165) is 12.8 Å². The van der Waals surface area contributed by atoms with Gasteiger partial charge in [-0.05, 0) is 43.7 Å². The quantitative estimate of drug-likeness (QED) is 0.779. The van der Waals surface area contributed by atoms with Gasteiger partial charge in [0.25, 0.3) is 5.91 Å². The summed E-state index contributed by atoms with van der Waals surface area (Å²) in [6.07, 6.45) is 3.66. The van der Waals surface area contributed by atoms with E-state index in [-0.39, 0.29) is 11.4 Å². The second kappa shape index (κ2) is 5.48. The molecule has 2 rings (SSSR count). The van der Waals surface area contributed by atoms with Crippen molar-refractivity contribution in [2.24, 2.45) is 5.92 Å². The van der Waals surface area contributed by atoms with Crippen LogP contribution in [0.1, 0.15) is 43.1 Å². The molecule has 0 radical (unpaired) electrons. The molecule has 1 aliphatic carbocycles. The van der Waals surface area contributed by atoms with Crippen molar-refractivity contribution in [1.29, 1.82) is 0 Å². The number of hydrogen-bond acceptors (Lipinski definition) is 4. The predicted octanol–water partition coefficient (Wildman–Crippen LogP) is 1.55. The molecular formula is C14H18N2O4. The van der Waals surface area contributed by atoms with Crippen LogP contribution in [-0.2, 0) is 4.79 Å². The summed E-state index contributed by atoms with van der Waals surface area (Å²) in [5, 5.41) is 21.6. The fourth-order valence-electron chi connectivity index (χ4n) is 2.50. The average Bonchev–Trinajstić information content (AvgIpc) is 2.41. The summed E-state index contributed by atoms with van der Waals surface area (Å²) in [7, 11) is 0. The van der Waals surface area contributed by atoms with Gasteiger partial charge in [0.2, 0.25) is 0 Å². The van der Waals surface area contributed by atoms with Gasteiger partial charge in [0.05, 0.1) is 0 Å². The minimum atomic E-state index is -1.26. The van der Waals surface area contributed by atoms with E-state index < -0.39 is 17.4 Å². The van der Waals surface area contributed by atoms with Crippen LogP contribution in [0.5, 0.6) is 5.75 Å². The molecule has 0 unspecified atom stereocenters. The number of aromatic hydroxyl groups is 1. The predicted molar refractivity (Wildman–Crippen MR) is 71.4 cm³/mol. The maximum Gasteiger partial charge on any atom is 0.329 e. The van der Waals surface area contributed by atoms with Gasteiger partial charge in [-0.1, -0.05) is 6.92 Å². The van der Waals surface area contributed by atoms with Crippen LogP contribution >= 0.6 is 0 Å². The van der Waals surface area contributed by atoms with E-state index in [4.69, 9.17) is 0 Å². The Hall–Kier alpha value is -2.11. The Kier molecular flexibility index (Phi) is 3.92. The largest absolute Gasteiger partial charge is 0.505 e. The number of aromatic nitrogens is 1. The molecule has 0 bridgehead atoms. The molecule has 1 fully saturated rings. The van der Waals surface area contributed by atoms with Gasteiger partial charge in [0.15, 0.2) is 5.69 Å². The van der Waals surface area contributed by atoms with Crippen molar-refractivity contribution in [3.05, 3.63) is 24.0 Å². The normalized spacial score (nSPS) is 25.9. The minimum Gasteiger partial charge on any atom is -0.505 e. The second-order valence-corrected chi connectivity index (χ2v) is 5.40. The van der Waals surface area contributed by atoms with Gasteiger partial charge in [-0.3, -0.25) is 4.79 Å². The third-order valence-electron chi connectivity index (χ3n) is 3.89. The Labute approximate surface area is 116 Å². The lowest BCUT2D eigenvalue weighted by Crippen LogP contribution is -2.56. The lowest BCUT2D eigenvalue weighted by atomic mass is 9.77. The fourth-order valence-corrected chi connectivity index (χ4v) is 2.50. The molecule has 0 saturated heterocycles. The number of carboxylic acid groups (broad SMARTS) is 1. The van der Waals surface area contributed by atoms with Gasteiger partial charge in [-0.25, -0.2) is 9.78 Å². The van der Waals surface area contributed by atoms with Crippen molar-refractivity contribution in [1.82, 2.24) is 10.3 Å². The van der Waals surface area contributed by atoms with Crippen molar-refractivity contribution in [3.63, 3.8) is 0 Å². The number of rotatable bonds is 3. The van der Waals surface area contributed by atoms with Crippen molar-refractivity contribution in [3.8, 4) is 5.75 Å². The lowest BCUT2D eigenvalue weighted by molar-refractivity contribution is -0.146. The van der Waals surface area contributed by atoms with Gasteiger partial charge in [-0.2, -0.15) is 0 Å². The Morgan fingerprint density at radius 2 is 2.05 bits per heavy atom. The molecule has 1 aromatic rings. The zero-order valence-corrected chi connectivity index (χ0v) is 11.3. The molecule has 1 aliphatic rings. The molecule has 108 valence electrons. The molecule has 0 spiro atoms. The number of pyridine rings is 1. The molecular weight excluding hydrogens is 260 g/mol. The first kappa shape index (κ1) is 14.3. The first-order valence-electron chi connectivity index (χ1n) is 6.64. The van der Waals surface area contributed by atoms with Crippen LogP contribution in [0.4, 0.5) is 0 Å². The number of amides is 1. The molecule has 1 aromatic heterocycles. The number of nitrogens with zero attached hydrogens (tertiary/aromatic N) is 1. The Morgan fingerprint density at radius 1 is 1.40 bits per heavy atom. The van der Waals surface area contributed by atoms with Crippen LogP contribution in [0.2, 0.25) is 0 Å². The first-order valence-corrected chi connectivity index (χ1v) is 6.64. The highest BCUT2D eigenvalue weighted by Gasteiger charge is 2.43. The Balaban J connectivity index is 2.19. The molecule has 6 heteroatoms. The summed E-state index contributed by atoms with van der Waals surface area (Å²) >= 11 is 0. The maximum absolute atomic E-state index is 12.1. The minimum absolute atomic E-state index is 0.147. The van der Waals surface area contributed by atoms with E-state index in [1.807, 2.05) is 0 Å². The standard InChI is InChI=1S/C14H18N2O4/c1-9-4-6-14(7-5-9,13(19)20)16-12(18)11-10(17)3-2-8-15-11/h2-3,8-9,17H,4-7H2,1H3,(H,16,18)(H,19,20). The summed E-state index contributed by atoms with van der Waals surface area (Å²) in [6, 6.07) is 2.85. The van der Waals surface area contributed by atoms with E-state index in [1.165, 1.54) is 18.3 Å². The summed E-state index contributed by atoms with van der Waals surface area (Å²) in [4.78, 5) is 27.5. The van der Waals surface area contributed by atoms with Crippen LogP contribution in [0, 0.1) is 5.92 Å². The number of aliphatic carboxylic acids is 1. The number of carbonyl (C=O) groups excluding carboxylic acids is 1. The summed E-state index contributed by atoms with van der Waals surface area (Å²) in [6.45, 7) is 2.07. The molecule has 6 nitrogen and oxygen atoms in total. The fraction of sp³-hybridized carbons (Fsp3) is 0.500. The van der Waals surface area contributed by atoms with Crippen molar-refractivity contribution < 1.29 is 19.8 Å². The number of carboxylic acids is 1. The summed E-state index contributed by atoms with van der Waals surface area (Å²) < 4.78 is 0.